The summed E-state index contributed by atoms with van der Waals surface area (Å²) >= 11 is 1.41. The third-order valence-electron chi connectivity index (χ3n) is 7.01. The van der Waals surface area contributed by atoms with Crippen LogP contribution in [-0.4, -0.2) is 44.0 Å². The first-order valence-corrected chi connectivity index (χ1v) is 15.1. The number of ether oxygens (including phenoxy) is 2. The monoisotopic (exact) mass is 604 g/mol. The normalized spacial score (nSPS) is 11.3. The molecule has 0 spiro atoms. The van der Waals surface area contributed by atoms with Gasteiger partial charge in [-0.25, -0.2) is 4.79 Å². The Balaban J connectivity index is 1.23. The molecule has 0 aliphatic rings. The number of esters is 1. The first kappa shape index (κ1) is 30.3. The smallest absolute Gasteiger partial charge is 0.328 e. The Hall–Kier alpha value is -5.21. The highest BCUT2D eigenvalue weighted by Crippen LogP contribution is 2.23. The van der Waals surface area contributed by atoms with Crippen LogP contribution in [0.25, 0.3) is 0 Å². The van der Waals surface area contributed by atoms with Crippen LogP contribution >= 0.6 is 11.3 Å². The molecular weight excluding hydrogens is 572 g/mol. The molecule has 0 aliphatic carbocycles. The molecule has 0 saturated carbocycles. The molecule has 0 radical (unpaired) electrons. The molecule has 0 fully saturated rings. The maximum atomic E-state index is 13.2. The van der Waals surface area contributed by atoms with E-state index in [1.54, 1.807) is 35.2 Å². The van der Waals surface area contributed by atoms with Crippen molar-refractivity contribution >= 4 is 40.4 Å². The lowest BCUT2D eigenvalue weighted by Gasteiger charge is -2.22. The van der Waals surface area contributed by atoms with E-state index in [2.05, 4.69) is 5.32 Å². The van der Waals surface area contributed by atoms with Gasteiger partial charge in [0.05, 0.1) is 18.5 Å². The molecule has 222 valence electrons. The van der Waals surface area contributed by atoms with Crippen molar-refractivity contribution in [2.75, 3.05) is 30.5 Å². The zero-order chi connectivity index (χ0) is 30.7. The van der Waals surface area contributed by atoms with Crippen molar-refractivity contribution in [1.29, 1.82) is 0 Å². The molecule has 44 heavy (non-hydrogen) atoms. The quantitative estimate of drug-likeness (QED) is 0.116. The number of rotatable bonds is 13. The Morgan fingerprint density at radius 1 is 0.795 bits per heavy atom. The fraction of sp³-hybridized carbons (Fsp3) is 0.139. The number of benzene rings is 4. The summed E-state index contributed by atoms with van der Waals surface area (Å²) in [5.41, 5.74) is 3.27. The Morgan fingerprint density at radius 2 is 1.48 bits per heavy atom. The van der Waals surface area contributed by atoms with E-state index in [9.17, 15) is 14.4 Å². The minimum atomic E-state index is -0.723. The summed E-state index contributed by atoms with van der Waals surface area (Å²) in [7, 11) is 1.34. The average Bonchev–Trinajstić information content (AvgIpc) is 3.63. The molecule has 1 unspecified atom stereocenters. The molecule has 0 bridgehead atoms. The highest BCUT2D eigenvalue weighted by molar-refractivity contribution is 7.12. The first-order valence-electron chi connectivity index (χ1n) is 14.2. The fourth-order valence-corrected chi connectivity index (χ4v) is 5.45. The highest BCUT2D eigenvalue weighted by Gasteiger charge is 2.23. The number of ketones is 1. The van der Waals surface area contributed by atoms with Gasteiger partial charge in [-0.15, -0.1) is 11.3 Å². The zero-order valence-electron chi connectivity index (χ0n) is 24.2. The van der Waals surface area contributed by atoms with Crippen molar-refractivity contribution in [3.8, 4) is 5.75 Å². The molecule has 8 heteroatoms. The van der Waals surface area contributed by atoms with E-state index in [0.717, 1.165) is 11.3 Å². The molecule has 1 amide bonds. The number of para-hydroxylation sites is 2. The van der Waals surface area contributed by atoms with Crippen LogP contribution in [-0.2, 0) is 16.0 Å². The standard InChI is InChI=1S/C36H32N2O5S/c1-42-36(41)32(37-31-16-9-8-15-30(31)34(39)27-11-4-2-5-12-27)25-26-18-20-29(21-19-26)43-23-22-38(28-13-6-3-7-14-28)35(40)33-17-10-24-44-33/h2-21,24,32,37H,22-23,25H2,1H3. The van der Waals surface area contributed by atoms with E-state index in [1.807, 2.05) is 96.4 Å². The maximum absolute atomic E-state index is 13.2. The third-order valence-corrected chi connectivity index (χ3v) is 7.87. The molecule has 0 aliphatic heterocycles. The van der Waals surface area contributed by atoms with E-state index in [-0.39, 0.29) is 11.7 Å². The Morgan fingerprint density at radius 3 is 2.16 bits per heavy atom. The van der Waals surface area contributed by atoms with Gasteiger partial charge in [0.15, 0.2) is 5.78 Å². The van der Waals surface area contributed by atoms with Crippen LogP contribution in [0.3, 0.4) is 0 Å². The second-order valence-electron chi connectivity index (χ2n) is 9.93. The maximum Gasteiger partial charge on any atom is 0.328 e. The Labute approximate surface area is 260 Å². The number of methoxy groups -OCH3 is 1. The lowest BCUT2D eigenvalue weighted by atomic mass is 10.00. The van der Waals surface area contributed by atoms with Crippen molar-refractivity contribution in [3.63, 3.8) is 0 Å². The topological polar surface area (TPSA) is 84.9 Å². The molecule has 1 atom stereocenters. The first-order chi connectivity index (χ1) is 21.5. The van der Waals surface area contributed by atoms with Crippen LogP contribution in [0, 0.1) is 0 Å². The summed E-state index contributed by atoms with van der Waals surface area (Å²) in [5.74, 6) is -0.00399. The zero-order valence-corrected chi connectivity index (χ0v) is 25.0. The predicted octanol–water partition coefficient (Wildman–Crippen LogP) is 6.90. The molecule has 1 N–H and O–H groups in total. The van der Waals surface area contributed by atoms with E-state index in [4.69, 9.17) is 9.47 Å². The summed E-state index contributed by atoms with van der Waals surface area (Å²) in [6.07, 6.45) is 0.331. The number of carbonyl (C=O) groups excluding carboxylic acids is 3. The lowest BCUT2D eigenvalue weighted by molar-refractivity contribution is -0.141. The van der Waals surface area contributed by atoms with Crippen LogP contribution in [0.4, 0.5) is 11.4 Å². The third kappa shape index (κ3) is 7.59. The summed E-state index contributed by atoms with van der Waals surface area (Å²) in [6.45, 7) is 0.669. The number of nitrogens with zero attached hydrogens (tertiary/aromatic N) is 1. The van der Waals surface area contributed by atoms with Crippen LogP contribution in [0.1, 0.15) is 31.2 Å². The number of carbonyl (C=O) groups is 3. The molecular formula is C36H32N2O5S. The van der Waals surface area contributed by atoms with Gasteiger partial charge in [-0.2, -0.15) is 0 Å². The minimum Gasteiger partial charge on any atom is -0.492 e. The number of anilines is 2. The summed E-state index contributed by atoms with van der Waals surface area (Å²) in [6, 6.07) is 36.1. The number of thiophene rings is 1. The Bertz CT molecular complexity index is 1670. The van der Waals surface area contributed by atoms with E-state index < -0.39 is 12.0 Å². The van der Waals surface area contributed by atoms with Crippen molar-refractivity contribution in [2.45, 2.75) is 12.5 Å². The molecule has 0 saturated heterocycles. The van der Waals surface area contributed by atoms with Gasteiger partial charge in [0.2, 0.25) is 0 Å². The fourth-order valence-electron chi connectivity index (χ4n) is 4.78. The number of nitrogens with one attached hydrogen (secondary N) is 1. The molecule has 5 rings (SSSR count). The van der Waals surface area contributed by atoms with Gasteiger partial charge in [0, 0.05) is 28.9 Å². The highest BCUT2D eigenvalue weighted by atomic mass is 32.1. The average molecular weight is 605 g/mol. The number of hydrogen-bond donors (Lipinski definition) is 1. The van der Waals surface area contributed by atoms with Gasteiger partial charge in [-0.1, -0.05) is 78.9 Å². The van der Waals surface area contributed by atoms with Crippen LogP contribution in [0.15, 0.2) is 127 Å². The van der Waals surface area contributed by atoms with Gasteiger partial charge in [0.1, 0.15) is 18.4 Å². The lowest BCUT2D eigenvalue weighted by Crippen LogP contribution is -2.34. The van der Waals surface area contributed by atoms with E-state index in [0.29, 0.717) is 47.0 Å². The van der Waals surface area contributed by atoms with Crippen molar-refractivity contribution in [1.82, 2.24) is 0 Å². The SMILES string of the molecule is COC(=O)C(Cc1ccc(OCCN(C(=O)c2cccs2)c2ccccc2)cc1)Nc1ccccc1C(=O)c1ccccc1. The second-order valence-corrected chi connectivity index (χ2v) is 10.9. The van der Waals surface area contributed by atoms with Crippen molar-refractivity contribution < 1.29 is 23.9 Å². The molecule has 5 aromatic rings. The van der Waals surface area contributed by atoms with Gasteiger partial charge in [-0.3, -0.25) is 9.59 Å². The van der Waals surface area contributed by atoms with E-state index >= 15 is 0 Å². The molecule has 1 aromatic heterocycles. The summed E-state index contributed by atoms with van der Waals surface area (Å²) in [4.78, 5) is 41.5. The van der Waals surface area contributed by atoms with Crippen LogP contribution in [0.2, 0.25) is 0 Å². The van der Waals surface area contributed by atoms with Crippen molar-refractivity contribution in [2.24, 2.45) is 0 Å². The van der Waals surface area contributed by atoms with E-state index in [1.165, 1.54) is 18.4 Å². The van der Waals surface area contributed by atoms with Gasteiger partial charge < -0.3 is 19.7 Å². The molecule has 4 aromatic carbocycles. The number of hydrogen-bond acceptors (Lipinski definition) is 7. The van der Waals surface area contributed by atoms with Gasteiger partial charge in [0.25, 0.3) is 5.91 Å². The summed E-state index contributed by atoms with van der Waals surface area (Å²) in [5, 5.41) is 5.12. The van der Waals surface area contributed by atoms with Crippen molar-refractivity contribution in [3.05, 3.63) is 148 Å². The predicted molar refractivity (Wildman–Crippen MR) is 174 cm³/mol. The largest absolute Gasteiger partial charge is 0.492 e. The Kier molecular flexibility index (Phi) is 10.2. The summed E-state index contributed by atoms with van der Waals surface area (Å²) < 4.78 is 11.1. The second kappa shape index (κ2) is 14.8. The van der Waals surface area contributed by atoms with Crippen LogP contribution < -0.4 is 15.0 Å². The van der Waals surface area contributed by atoms with Gasteiger partial charge >= 0.3 is 5.97 Å². The number of amides is 1. The minimum absolute atomic E-state index is 0.0708. The van der Waals surface area contributed by atoms with Gasteiger partial charge in [-0.05, 0) is 53.4 Å². The molecule has 1 heterocycles. The van der Waals surface area contributed by atoms with Crippen LogP contribution in [0.5, 0.6) is 5.75 Å². The molecule has 7 nitrogen and oxygen atoms in total.